The highest BCUT2D eigenvalue weighted by Gasteiger charge is 2.46. The first kappa shape index (κ1) is 10.6. The molecule has 0 amide bonds. The summed E-state index contributed by atoms with van der Waals surface area (Å²) in [6, 6.07) is 11.0. The molecule has 3 rings (SSSR count). The molecule has 1 fully saturated rings. The van der Waals surface area contributed by atoms with Gasteiger partial charge in [-0.25, -0.2) is 4.99 Å². The Bertz CT molecular complexity index is 429. The van der Waals surface area contributed by atoms with E-state index < -0.39 is 0 Å². The number of nitrogens with zero attached hydrogens (tertiary/aromatic N) is 1. The van der Waals surface area contributed by atoms with Crippen molar-refractivity contribution in [2.45, 2.75) is 37.2 Å². The highest BCUT2D eigenvalue weighted by atomic mass is 16.5. The molecule has 1 saturated carbocycles. The minimum absolute atomic E-state index is 0.163. The van der Waals surface area contributed by atoms with E-state index in [2.05, 4.69) is 35.3 Å². The zero-order valence-corrected chi connectivity index (χ0v) is 9.93. The minimum Gasteiger partial charge on any atom is -0.456 e. The van der Waals surface area contributed by atoms with E-state index in [1.807, 2.05) is 0 Å². The Kier molecular flexibility index (Phi) is 2.54. The highest BCUT2D eigenvalue weighted by molar-refractivity contribution is 5.74. The summed E-state index contributed by atoms with van der Waals surface area (Å²) in [6.07, 6.45) is 4.72. The van der Waals surface area contributed by atoms with Crippen molar-refractivity contribution in [3.8, 4) is 0 Å². The summed E-state index contributed by atoms with van der Waals surface area (Å²) >= 11 is 0. The fourth-order valence-electron chi connectivity index (χ4n) is 3.16. The van der Waals surface area contributed by atoms with Crippen molar-refractivity contribution < 1.29 is 4.74 Å². The molecule has 1 aromatic rings. The summed E-state index contributed by atoms with van der Waals surface area (Å²) in [4.78, 5) is 4.26. The van der Waals surface area contributed by atoms with Gasteiger partial charge in [0.15, 0.2) is 0 Å². The number of amidine groups is 1. The third kappa shape index (κ3) is 1.79. The second kappa shape index (κ2) is 4.06. The first-order valence-electron chi connectivity index (χ1n) is 6.34. The van der Waals surface area contributed by atoms with Crippen LogP contribution in [0.25, 0.3) is 0 Å². The lowest BCUT2D eigenvalue weighted by atomic mass is 9.72. The zero-order valence-electron chi connectivity index (χ0n) is 9.93. The monoisotopic (exact) mass is 230 g/mol. The molecule has 2 unspecified atom stereocenters. The van der Waals surface area contributed by atoms with Gasteiger partial charge in [0.25, 0.3) is 6.02 Å². The van der Waals surface area contributed by atoms with Crippen LogP contribution in [0.4, 0.5) is 0 Å². The van der Waals surface area contributed by atoms with Crippen LogP contribution >= 0.6 is 0 Å². The van der Waals surface area contributed by atoms with E-state index in [-0.39, 0.29) is 5.60 Å². The maximum absolute atomic E-state index is 5.88. The third-order valence-corrected chi connectivity index (χ3v) is 3.99. The van der Waals surface area contributed by atoms with E-state index in [1.54, 1.807) is 0 Å². The molecular formula is C14H18N2O. The van der Waals surface area contributed by atoms with E-state index in [1.165, 1.54) is 24.8 Å². The van der Waals surface area contributed by atoms with Crippen molar-refractivity contribution in [2.75, 3.05) is 6.54 Å². The molecule has 2 aliphatic rings. The molecule has 0 saturated heterocycles. The molecule has 1 aliphatic heterocycles. The average molecular weight is 230 g/mol. The van der Waals surface area contributed by atoms with E-state index >= 15 is 0 Å². The van der Waals surface area contributed by atoms with Crippen molar-refractivity contribution in [1.29, 1.82) is 0 Å². The van der Waals surface area contributed by atoms with Gasteiger partial charge in [0, 0.05) is 5.92 Å². The van der Waals surface area contributed by atoms with E-state index in [0.717, 1.165) is 13.0 Å². The Hall–Kier alpha value is -1.51. The predicted octanol–water partition coefficient (Wildman–Crippen LogP) is 2.43. The van der Waals surface area contributed by atoms with Crippen LogP contribution in [0, 0.1) is 0 Å². The van der Waals surface area contributed by atoms with Gasteiger partial charge in [-0.3, -0.25) is 0 Å². The van der Waals surface area contributed by atoms with E-state index in [0.29, 0.717) is 11.9 Å². The normalized spacial score (nSPS) is 32.2. The summed E-state index contributed by atoms with van der Waals surface area (Å²) in [5.41, 5.74) is 6.90. The van der Waals surface area contributed by atoms with Crippen LogP contribution in [0.15, 0.2) is 35.3 Å². The number of benzene rings is 1. The Balaban J connectivity index is 1.91. The van der Waals surface area contributed by atoms with Crippen molar-refractivity contribution >= 4 is 6.02 Å². The van der Waals surface area contributed by atoms with Crippen molar-refractivity contribution in [3.05, 3.63) is 35.9 Å². The minimum atomic E-state index is -0.163. The van der Waals surface area contributed by atoms with Gasteiger partial charge >= 0.3 is 0 Å². The molecule has 0 bridgehead atoms. The molecular weight excluding hydrogens is 212 g/mol. The molecule has 2 N–H and O–H groups in total. The van der Waals surface area contributed by atoms with Gasteiger partial charge in [-0.15, -0.1) is 0 Å². The van der Waals surface area contributed by atoms with E-state index in [4.69, 9.17) is 10.5 Å². The number of aliphatic imine (C=N–C) groups is 1. The standard InChI is InChI=1S/C14H18N2O/c15-13-16-10-14(17-13)9-5-4-8-12(14)11-6-2-1-3-7-11/h1-3,6-7,12H,4-5,8-10H2,(H2,15,16). The third-order valence-electron chi connectivity index (χ3n) is 3.99. The fourth-order valence-corrected chi connectivity index (χ4v) is 3.16. The van der Waals surface area contributed by atoms with Gasteiger partial charge in [-0.2, -0.15) is 0 Å². The number of nitrogens with two attached hydrogens (primary N) is 1. The SMILES string of the molecule is NC1=NCC2(CCCCC2c2ccccc2)O1. The first-order valence-corrected chi connectivity index (χ1v) is 6.34. The molecule has 3 nitrogen and oxygen atoms in total. The molecule has 1 aromatic carbocycles. The molecule has 17 heavy (non-hydrogen) atoms. The molecule has 90 valence electrons. The maximum Gasteiger partial charge on any atom is 0.282 e. The first-order chi connectivity index (χ1) is 8.30. The molecule has 0 aromatic heterocycles. The predicted molar refractivity (Wildman–Crippen MR) is 68.0 cm³/mol. The van der Waals surface area contributed by atoms with Crippen LogP contribution in [0.1, 0.15) is 37.2 Å². The molecule has 1 spiro atoms. The Morgan fingerprint density at radius 2 is 2.06 bits per heavy atom. The quantitative estimate of drug-likeness (QED) is 0.805. The van der Waals surface area contributed by atoms with Gasteiger partial charge in [0.05, 0.1) is 6.54 Å². The largest absolute Gasteiger partial charge is 0.456 e. The lowest BCUT2D eigenvalue weighted by Crippen LogP contribution is -2.43. The fraction of sp³-hybridized carbons (Fsp3) is 0.500. The Morgan fingerprint density at radius 1 is 1.24 bits per heavy atom. The van der Waals surface area contributed by atoms with Crippen LogP contribution in [0.5, 0.6) is 0 Å². The zero-order chi connectivity index (χ0) is 11.7. The van der Waals surface area contributed by atoms with Gasteiger partial charge in [0.1, 0.15) is 5.60 Å². The van der Waals surface area contributed by atoms with Crippen LogP contribution in [-0.4, -0.2) is 18.2 Å². The smallest absolute Gasteiger partial charge is 0.282 e. The average Bonchev–Trinajstić information content (AvgIpc) is 2.73. The number of hydrogen-bond acceptors (Lipinski definition) is 3. The van der Waals surface area contributed by atoms with Gasteiger partial charge < -0.3 is 10.5 Å². The second-order valence-corrected chi connectivity index (χ2v) is 5.03. The molecule has 0 radical (unpaired) electrons. The summed E-state index contributed by atoms with van der Waals surface area (Å²) in [5, 5.41) is 0. The van der Waals surface area contributed by atoms with Gasteiger partial charge in [0.2, 0.25) is 0 Å². The van der Waals surface area contributed by atoms with Crippen LogP contribution in [0.3, 0.4) is 0 Å². The second-order valence-electron chi connectivity index (χ2n) is 5.03. The molecule has 3 heteroatoms. The number of ether oxygens (including phenoxy) is 1. The van der Waals surface area contributed by atoms with Crippen molar-refractivity contribution in [2.24, 2.45) is 10.7 Å². The number of hydrogen-bond donors (Lipinski definition) is 1. The summed E-state index contributed by atoms with van der Waals surface area (Å²) in [5.74, 6) is 0.433. The lowest BCUT2D eigenvalue weighted by Gasteiger charge is -2.40. The topological polar surface area (TPSA) is 47.6 Å². The van der Waals surface area contributed by atoms with Crippen LogP contribution in [0.2, 0.25) is 0 Å². The van der Waals surface area contributed by atoms with Crippen molar-refractivity contribution in [3.63, 3.8) is 0 Å². The molecule has 1 aliphatic carbocycles. The molecule has 1 heterocycles. The summed E-state index contributed by atoms with van der Waals surface area (Å²) in [7, 11) is 0. The highest BCUT2D eigenvalue weighted by Crippen LogP contribution is 2.45. The van der Waals surface area contributed by atoms with Crippen LogP contribution in [-0.2, 0) is 4.74 Å². The maximum atomic E-state index is 5.88. The number of rotatable bonds is 1. The summed E-state index contributed by atoms with van der Waals surface area (Å²) in [6.45, 7) is 0.721. The lowest BCUT2D eigenvalue weighted by molar-refractivity contribution is 0.0226. The van der Waals surface area contributed by atoms with Gasteiger partial charge in [-0.05, 0) is 24.8 Å². The van der Waals surface area contributed by atoms with Crippen molar-refractivity contribution in [1.82, 2.24) is 0 Å². The van der Waals surface area contributed by atoms with Gasteiger partial charge in [-0.1, -0.05) is 36.8 Å². The van der Waals surface area contributed by atoms with E-state index in [9.17, 15) is 0 Å². The Labute approximate surface area is 102 Å². The Morgan fingerprint density at radius 3 is 2.76 bits per heavy atom. The summed E-state index contributed by atoms with van der Waals surface area (Å²) < 4.78 is 5.88. The van der Waals surface area contributed by atoms with Crippen LogP contribution < -0.4 is 5.73 Å². The molecule has 2 atom stereocenters.